The number of hydrogen-bond donors (Lipinski definition) is 2. The van der Waals surface area contributed by atoms with Crippen LogP contribution in [-0.2, 0) is 0 Å². The van der Waals surface area contributed by atoms with E-state index in [1.165, 1.54) is 0 Å². The Hall–Kier alpha value is -1.55. The van der Waals surface area contributed by atoms with E-state index in [0.717, 1.165) is 36.3 Å². The number of nitrogens with zero attached hydrogens (tertiary/aromatic N) is 1. The molecule has 15 heavy (non-hydrogen) atoms. The number of rotatable bonds is 3. The van der Waals surface area contributed by atoms with Gasteiger partial charge in [0, 0.05) is 24.4 Å². The Morgan fingerprint density at radius 1 is 1.40 bits per heavy atom. The number of nitrogens with one attached hydrogen (secondary N) is 2. The second-order valence-corrected chi connectivity index (χ2v) is 3.95. The summed E-state index contributed by atoms with van der Waals surface area (Å²) in [6.45, 7) is 2.96. The molecule has 2 N–H and O–H groups in total. The van der Waals surface area contributed by atoms with E-state index < -0.39 is 0 Å². The van der Waals surface area contributed by atoms with Crippen molar-refractivity contribution < 1.29 is 4.74 Å². The van der Waals surface area contributed by atoms with Gasteiger partial charge in [0.05, 0.1) is 18.3 Å². The highest BCUT2D eigenvalue weighted by Crippen LogP contribution is 2.19. The van der Waals surface area contributed by atoms with Crippen LogP contribution in [0.5, 0.6) is 5.75 Å². The fourth-order valence-electron chi connectivity index (χ4n) is 1.69. The summed E-state index contributed by atoms with van der Waals surface area (Å²) in [6.07, 6.45) is 1.81. The average molecular weight is 203 g/mol. The molecule has 1 aromatic heterocycles. The molecule has 1 aliphatic rings. The molecule has 0 atom stereocenters. The van der Waals surface area contributed by atoms with Gasteiger partial charge in [-0.1, -0.05) is 0 Å². The third kappa shape index (κ3) is 1.68. The first-order valence-corrected chi connectivity index (χ1v) is 5.18. The van der Waals surface area contributed by atoms with E-state index in [2.05, 4.69) is 15.5 Å². The Balaban J connectivity index is 1.72. The first-order valence-electron chi connectivity index (χ1n) is 5.18. The summed E-state index contributed by atoms with van der Waals surface area (Å²) in [5, 5.41) is 11.2. The number of H-pyrrole nitrogens is 1. The fraction of sp³-hybridized carbons (Fsp3) is 0.364. The lowest BCUT2D eigenvalue weighted by Crippen LogP contribution is -2.45. The predicted molar refractivity (Wildman–Crippen MR) is 57.9 cm³/mol. The SMILES string of the molecule is c1cc2[nH]ncc2cc1OCC1CNC1. The molecule has 0 amide bonds. The van der Waals surface area contributed by atoms with Crippen LogP contribution in [-0.4, -0.2) is 29.9 Å². The molecular formula is C11H13N3O. The van der Waals surface area contributed by atoms with Crippen molar-refractivity contribution in [1.82, 2.24) is 15.5 Å². The topological polar surface area (TPSA) is 49.9 Å². The van der Waals surface area contributed by atoms with Crippen molar-refractivity contribution in [2.24, 2.45) is 5.92 Å². The molecule has 2 heterocycles. The van der Waals surface area contributed by atoms with Crippen LogP contribution >= 0.6 is 0 Å². The summed E-state index contributed by atoms with van der Waals surface area (Å²) >= 11 is 0. The van der Waals surface area contributed by atoms with Crippen LogP contribution in [0.3, 0.4) is 0 Å². The Morgan fingerprint density at radius 3 is 3.13 bits per heavy atom. The lowest BCUT2D eigenvalue weighted by molar-refractivity contribution is 0.199. The van der Waals surface area contributed by atoms with E-state index >= 15 is 0 Å². The Kier molecular flexibility index (Phi) is 2.07. The third-order valence-corrected chi connectivity index (χ3v) is 2.76. The van der Waals surface area contributed by atoms with Crippen molar-refractivity contribution in [3.8, 4) is 5.75 Å². The molecule has 0 spiro atoms. The van der Waals surface area contributed by atoms with Crippen molar-refractivity contribution in [2.75, 3.05) is 19.7 Å². The van der Waals surface area contributed by atoms with Crippen LogP contribution in [0.25, 0.3) is 10.9 Å². The highest BCUT2D eigenvalue weighted by molar-refractivity contribution is 5.79. The molecule has 1 aromatic carbocycles. The van der Waals surface area contributed by atoms with E-state index in [0.29, 0.717) is 5.92 Å². The molecule has 2 aromatic rings. The maximum atomic E-state index is 5.71. The highest BCUT2D eigenvalue weighted by atomic mass is 16.5. The van der Waals surface area contributed by atoms with Crippen LogP contribution in [0.15, 0.2) is 24.4 Å². The fourth-order valence-corrected chi connectivity index (χ4v) is 1.69. The molecule has 1 fully saturated rings. The van der Waals surface area contributed by atoms with Crippen LogP contribution in [0.4, 0.5) is 0 Å². The van der Waals surface area contributed by atoms with Crippen molar-refractivity contribution >= 4 is 10.9 Å². The molecule has 4 nitrogen and oxygen atoms in total. The van der Waals surface area contributed by atoms with Gasteiger partial charge < -0.3 is 10.1 Å². The van der Waals surface area contributed by atoms with Gasteiger partial charge in [0.25, 0.3) is 0 Å². The van der Waals surface area contributed by atoms with E-state index in [1.807, 2.05) is 24.4 Å². The molecule has 0 radical (unpaired) electrons. The molecule has 3 rings (SSSR count). The molecule has 1 saturated heterocycles. The number of aromatic amines is 1. The summed E-state index contributed by atoms with van der Waals surface area (Å²) < 4.78 is 5.71. The minimum absolute atomic E-state index is 0.671. The standard InChI is InChI=1S/C11H13N3O/c1-2-11-9(6-13-14-11)3-10(1)15-7-8-4-12-5-8/h1-3,6,8,12H,4-5,7H2,(H,13,14). The Labute approximate surface area is 87.6 Å². The van der Waals surface area contributed by atoms with Crippen LogP contribution in [0.2, 0.25) is 0 Å². The number of ether oxygens (including phenoxy) is 1. The van der Waals surface area contributed by atoms with E-state index in [4.69, 9.17) is 4.74 Å². The maximum Gasteiger partial charge on any atom is 0.120 e. The van der Waals surface area contributed by atoms with Gasteiger partial charge in [-0.25, -0.2) is 0 Å². The number of benzene rings is 1. The maximum absolute atomic E-state index is 5.71. The number of hydrogen-bond acceptors (Lipinski definition) is 3. The van der Waals surface area contributed by atoms with E-state index in [-0.39, 0.29) is 0 Å². The number of aromatic nitrogens is 2. The first kappa shape index (κ1) is 8.73. The second kappa shape index (κ2) is 3.55. The number of fused-ring (bicyclic) bond motifs is 1. The largest absolute Gasteiger partial charge is 0.493 e. The lowest BCUT2D eigenvalue weighted by atomic mass is 10.1. The second-order valence-electron chi connectivity index (χ2n) is 3.95. The minimum Gasteiger partial charge on any atom is -0.493 e. The van der Waals surface area contributed by atoms with E-state index in [9.17, 15) is 0 Å². The predicted octanol–water partition coefficient (Wildman–Crippen LogP) is 1.16. The summed E-state index contributed by atoms with van der Waals surface area (Å²) in [5.41, 5.74) is 1.05. The molecule has 0 unspecified atom stereocenters. The zero-order valence-corrected chi connectivity index (χ0v) is 8.36. The monoisotopic (exact) mass is 203 g/mol. The highest BCUT2D eigenvalue weighted by Gasteiger charge is 2.16. The van der Waals surface area contributed by atoms with Gasteiger partial charge >= 0.3 is 0 Å². The summed E-state index contributed by atoms with van der Waals surface area (Å²) in [6, 6.07) is 5.99. The quantitative estimate of drug-likeness (QED) is 0.787. The Morgan fingerprint density at radius 2 is 2.33 bits per heavy atom. The normalized spacial score (nSPS) is 16.5. The molecule has 4 heteroatoms. The van der Waals surface area contributed by atoms with E-state index in [1.54, 1.807) is 0 Å². The van der Waals surface area contributed by atoms with Crippen LogP contribution in [0.1, 0.15) is 0 Å². The molecular weight excluding hydrogens is 190 g/mol. The summed E-state index contributed by atoms with van der Waals surface area (Å²) in [4.78, 5) is 0. The lowest BCUT2D eigenvalue weighted by Gasteiger charge is -2.26. The van der Waals surface area contributed by atoms with Gasteiger partial charge in [-0.05, 0) is 18.2 Å². The first-order chi connectivity index (χ1) is 7.42. The summed E-state index contributed by atoms with van der Waals surface area (Å²) in [5.74, 6) is 1.60. The molecule has 0 saturated carbocycles. The van der Waals surface area contributed by atoms with Crippen molar-refractivity contribution in [2.45, 2.75) is 0 Å². The van der Waals surface area contributed by atoms with Crippen molar-refractivity contribution in [3.63, 3.8) is 0 Å². The van der Waals surface area contributed by atoms with Gasteiger partial charge in [0.1, 0.15) is 5.75 Å². The smallest absolute Gasteiger partial charge is 0.120 e. The third-order valence-electron chi connectivity index (χ3n) is 2.76. The molecule has 0 aliphatic carbocycles. The van der Waals surface area contributed by atoms with Crippen LogP contribution < -0.4 is 10.1 Å². The average Bonchev–Trinajstić information content (AvgIpc) is 2.62. The van der Waals surface area contributed by atoms with Gasteiger partial charge in [-0.15, -0.1) is 0 Å². The summed E-state index contributed by atoms with van der Waals surface area (Å²) in [7, 11) is 0. The molecule has 0 bridgehead atoms. The Bertz CT molecular complexity index is 462. The van der Waals surface area contributed by atoms with Crippen molar-refractivity contribution in [1.29, 1.82) is 0 Å². The van der Waals surface area contributed by atoms with Crippen molar-refractivity contribution in [3.05, 3.63) is 24.4 Å². The van der Waals surface area contributed by atoms with Gasteiger partial charge in [0.15, 0.2) is 0 Å². The molecule has 1 aliphatic heterocycles. The van der Waals surface area contributed by atoms with Crippen LogP contribution in [0, 0.1) is 5.92 Å². The zero-order valence-electron chi connectivity index (χ0n) is 8.36. The zero-order chi connectivity index (χ0) is 10.1. The van der Waals surface area contributed by atoms with Gasteiger partial charge in [0.2, 0.25) is 0 Å². The minimum atomic E-state index is 0.671. The van der Waals surface area contributed by atoms with Gasteiger partial charge in [-0.3, -0.25) is 5.10 Å². The van der Waals surface area contributed by atoms with Gasteiger partial charge in [-0.2, -0.15) is 5.10 Å². The molecule has 78 valence electrons.